The SMILES string of the molecule is NS(=O)(=O)c1cc(F)cc(NC(=O)C2CCS(=O)(=O)C2)c1. The van der Waals surface area contributed by atoms with E-state index in [0.717, 1.165) is 18.2 Å². The molecule has 116 valence electrons. The Bertz CT molecular complexity index is 789. The van der Waals surface area contributed by atoms with Crippen molar-refractivity contribution in [1.82, 2.24) is 0 Å². The fourth-order valence-electron chi connectivity index (χ4n) is 2.05. The van der Waals surface area contributed by atoms with Gasteiger partial charge >= 0.3 is 0 Å². The molecule has 1 aliphatic heterocycles. The van der Waals surface area contributed by atoms with Crippen LogP contribution in [-0.4, -0.2) is 34.2 Å². The van der Waals surface area contributed by atoms with Crippen molar-refractivity contribution in [2.24, 2.45) is 11.1 Å². The molecule has 3 N–H and O–H groups in total. The first-order valence-electron chi connectivity index (χ1n) is 5.91. The first-order chi connectivity index (χ1) is 9.57. The highest BCUT2D eigenvalue weighted by atomic mass is 32.2. The lowest BCUT2D eigenvalue weighted by atomic mass is 10.1. The zero-order valence-electron chi connectivity index (χ0n) is 10.7. The maximum atomic E-state index is 13.3. The molecule has 0 aromatic heterocycles. The van der Waals surface area contributed by atoms with E-state index in [1.54, 1.807) is 0 Å². The quantitative estimate of drug-likeness (QED) is 0.794. The zero-order valence-corrected chi connectivity index (χ0v) is 12.4. The lowest BCUT2D eigenvalue weighted by molar-refractivity contribution is -0.119. The number of benzene rings is 1. The third kappa shape index (κ3) is 3.99. The van der Waals surface area contributed by atoms with Gasteiger partial charge in [0, 0.05) is 5.69 Å². The van der Waals surface area contributed by atoms with Gasteiger partial charge in [-0.2, -0.15) is 0 Å². The van der Waals surface area contributed by atoms with Crippen molar-refractivity contribution in [2.75, 3.05) is 16.8 Å². The van der Waals surface area contributed by atoms with Crippen molar-refractivity contribution in [3.8, 4) is 0 Å². The number of primary sulfonamides is 1. The van der Waals surface area contributed by atoms with E-state index in [2.05, 4.69) is 5.32 Å². The third-order valence-electron chi connectivity index (χ3n) is 3.07. The van der Waals surface area contributed by atoms with E-state index >= 15 is 0 Å². The molecule has 10 heteroatoms. The van der Waals surface area contributed by atoms with Gasteiger partial charge in [-0.05, 0) is 24.6 Å². The van der Waals surface area contributed by atoms with Gasteiger partial charge in [-0.3, -0.25) is 4.79 Å². The predicted molar refractivity (Wildman–Crippen MR) is 73.2 cm³/mol. The molecule has 0 bridgehead atoms. The van der Waals surface area contributed by atoms with E-state index in [9.17, 15) is 26.0 Å². The van der Waals surface area contributed by atoms with Gasteiger partial charge in [-0.25, -0.2) is 26.4 Å². The summed E-state index contributed by atoms with van der Waals surface area (Å²) in [5.74, 6) is -2.54. The largest absolute Gasteiger partial charge is 0.326 e. The van der Waals surface area contributed by atoms with E-state index < -0.39 is 42.4 Å². The minimum atomic E-state index is -4.11. The monoisotopic (exact) mass is 336 g/mol. The molecule has 1 heterocycles. The number of nitrogens with two attached hydrogens (primary N) is 1. The molecule has 0 aliphatic carbocycles. The minimum absolute atomic E-state index is 0.0728. The molecule has 0 spiro atoms. The van der Waals surface area contributed by atoms with Crippen LogP contribution in [0.25, 0.3) is 0 Å². The maximum Gasteiger partial charge on any atom is 0.238 e. The van der Waals surface area contributed by atoms with E-state index in [4.69, 9.17) is 5.14 Å². The molecule has 2 rings (SSSR count). The number of carbonyl (C=O) groups is 1. The number of nitrogens with one attached hydrogen (secondary N) is 1. The molecule has 1 unspecified atom stereocenters. The molecule has 1 fully saturated rings. The summed E-state index contributed by atoms with van der Waals surface area (Å²) >= 11 is 0. The number of halogens is 1. The maximum absolute atomic E-state index is 13.3. The number of carbonyl (C=O) groups excluding carboxylic acids is 1. The minimum Gasteiger partial charge on any atom is -0.326 e. The summed E-state index contributed by atoms with van der Waals surface area (Å²) < 4.78 is 58.3. The Balaban J connectivity index is 2.20. The molecule has 7 nitrogen and oxygen atoms in total. The van der Waals surface area contributed by atoms with E-state index in [0.29, 0.717) is 0 Å². The average Bonchev–Trinajstić information content (AvgIpc) is 2.68. The number of hydrogen-bond donors (Lipinski definition) is 2. The summed E-state index contributed by atoms with van der Waals surface area (Å²) in [4.78, 5) is 11.4. The fourth-order valence-corrected chi connectivity index (χ4v) is 4.35. The first kappa shape index (κ1) is 15.9. The standard InChI is InChI=1S/C11H13FN2O5S2/c12-8-3-9(5-10(4-8)21(13,18)19)14-11(15)7-1-2-20(16,17)6-7/h3-5,7H,1-2,6H2,(H,14,15)(H2,13,18,19). The molecular formula is C11H13FN2O5S2. The number of sulfonamides is 1. The van der Waals surface area contributed by atoms with Crippen LogP contribution in [0.4, 0.5) is 10.1 Å². The number of hydrogen-bond acceptors (Lipinski definition) is 5. The lowest BCUT2D eigenvalue weighted by Gasteiger charge is -2.10. The highest BCUT2D eigenvalue weighted by Crippen LogP contribution is 2.22. The second-order valence-electron chi connectivity index (χ2n) is 4.81. The van der Waals surface area contributed by atoms with Crippen molar-refractivity contribution in [3.63, 3.8) is 0 Å². The van der Waals surface area contributed by atoms with Crippen LogP contribution in [0.1, 0.15) is 6.42 Å². The molecular weight excluding hydrogens is 323 g/mol. The van der Waals surface area contributed by atoms with Gasteiger partial charge in [0.1, 0.15) is 5.82 Å². The highest BCUT2D eigenvalue weighted by molar-refractivity contribution is 7.91. The topological polar surface area (TPSA) is 123 Å². The average molecular weight is 336 g/mol. The second-order valence-corrected chi connectivity index (χ2v) is 8.60. The molecule has 1 aliphatic rings. The predicted octanol–water partition coefficient (Wildman–Crippen LogP) is -0.154. The van der Waals surface area contributed by atoms with Crippen LogP contribution in [0, 0.1) is 11.7 Å². The smallest absolute Gasteiger partial charge is 0.238 e. The molecule has 21 heavy (non-hydrogen) atoms. The summed E-state index contributed by atoms with van der Waals surface area (Å²) in [5, 5.41) is 7.21. The third-order valence-corrected chi connectivity index (χ3v) is 5.73. The van der Waals surface area contributed by atoms with Crippen LogP contribution < -0.4 is 10.5 Å². The van der Waals surface area contributed by atoms with Crippen molar-refractivity contribution in [2.45, 2.75) is 11.3 Å². The van der Waals surface area contributed by atoms with Crippen LogP contribution in [0.5, 0.6) is 0 Å². The van der Waals surface area contributed by atoms with E-state index in [1.807, 2.05) is 0 Å². The van der Waals surface area contributed by atoms with E-state index in [1.165, 1.54) is 0 Å². The Morgan fingerprint density at radius 3 is 2.52 bits per heavy atom. The second kappa shape index (κ2) is 5.35. The van der Waals surface area contributed by atoms with Gasteiger partial charge in [0.25, 0.3) is 0 Å². The molecule has 1 amide bonds. The molecule has 0 radical (unpaired) electrons. The summed E-state index contributed by atoms with van der Waals surface area (Å²) in [6.45, 7) is 0. The number of sulfone groups is 1. The van der Waals surface area contributed by atoms with Crippen LogP contribution >= 0.6 is 0 Å². The molecule has 1 saturated heterocycles. The summed E-state index contributed by atoms with van der Waals surface area (Å²) in [6.07, 6.45) is 0.186. The number of amides is 1. The van der Waals surface area contributed by atoms with Gasteiger partial charge in [-0.15, -0.1) is 0 Å². The highest BCUT2D eigenvalue weighted by Gasteiger charge is 2.33. The molecule has 0 saturated carbocycles. The summed E-state index contributed by atoms with van der Waals surface area (Å²) in [7, 11) is -7.33. The van der Waals surface area contributed by atoms with Gasteiger partial charge in [0.2, 0.25) is 15.9 Å². The van der Waals surface area contributed by atoms with Crippen molar-refractivity contribution < 1.29 is 26.0 Å². The Labute approximate surface area is 121 Å². The van der Waals surface area contributed by atoms with Gasteiger partial charge < -0.3 is 5.32 Å². The van der Waals surface area contributed by atoms with E-state index in [-0.39, 0.29) is 23.6 Å². The molecule has 1 aromatic carbocycles. The van der Waals surface area contributed by atoms with Gasteiger partial charge in [0.15, 0.2) is 9.84 Å². The Morgan fingerprint density at radius 2 is 2.00 bits per heavy atom. The number of anilines is 1. The Morgan fingerprint density at radius 1 is 1.33 bits per heavy atom. The van der Waals surface area contributed by atoms with Crippen LogP contribution in [0.3, 0.4) is 0 Å². The first-order valence-corrected chi connectivity index (χ1v) is 9.28. The lowest BCUT2D eigenvalue weighted by Crippen LogP contribution is -2.24. The van der Waals surface area contributed by atoms with Gasteiger partial charge in [-0.1, -0.05) is 0 Å². The van der Waals surface area contributed by atoms with Crippen molar-refractivity contribution in [1.29, 1.82) is 0 Å². The summed E-state index contributed by atoms with van der Waals surface area (Å²) in [6, 6.07) is 2.67. The zero-order chi connectivity index (χ0) is 15.8. The molecule has 1 atom stereocenters. The van der Waals surface area contributed by atoms with Crippen LogP contribution in [-0.2, 0) is 24.7 Å². The Hall–Kier alpha value is -1.52. The van der Waals surface area contributed by atoms with Crippen LogP contribution in [0.2, 0.25) is 0 Å². The van der Waals surface area contributed by atoms with Crippen molar-refractivity contribution >= 4 is 31.5 Å². The summed E-state index contributed by atoms with van der Waals surface area (Å²) in [5.41, 5.74) is -0.0895. The van der Waals surface area contributed by atoms with Crippen molar-refractivity contribution in [3.05, 3.63) is 24.0 Å². The Kier molecular flexibility index (Phi) is 4.04. The normalized spacial score (nSPS) is 21.1. The van der Waals surface area contributed by atoms with Gasteiger partial charge in [0.05, 0.1) is 22.3 Å². The fraction of sp³-hybridized carbons (Fsp3) is 0.364. The van der Waals surface area contributed by atoms with Crippen LogP contribution in [0.15, 0.2) is 23.1 Å². The molecule has 1 aromatic rings. The number of rotatable bonds is 3.